The van der Waals surface area contributed by atoms with Crippen molar-refractivity contribution < 1.29 is 49.7 Å². The van der Waals surface area contributed by atoms with Crippen LogP contribution in [0, 0.1) is 41.0 Å². The molecule has 0 aliphatic carbocycles. The third kappa shape index (κ3) is 7.40. The molecule has 0 bridgehead atoms. The van der Waals surface area contributed by atoms with E-state index in [9.17, 15) is 26.7 Å². The maximum absolute atomic E-state index is 15.4. The average molecular weight is 633 g/mol. The molecule has 1 heterocycles. The first-order chi connectivity index (χ1) is 21.4. The highest BCUT2D eigenvalue weighted by molar-refractivity contribution is 5.98. The number of carbonyl (C=O) groups is 1. The molecule has 1 fully saturated rings. The molecule has 0 N–H and O–H groups in total. The fourth-order valence-corrected chi connectivity index (χ4v) is 5.22. The van der Waals surface area contributed by atoms with Crippen molar-refractivity contribution in [3.05, 3.63) is 88.5 Å². The van der Waals surface area contributed by atoms with E-state index in [-0.39, 0.29) is 33.2 Å². The van der Waals surface area contributed by atoms with Gasteiger partial charge in [0.2, 0.25) is 0 Å². The van der Waals surface area contributed by atoms with Gasteiger partial charge in [0.05, 0.1) is 18.8 Å². The number of unbranched alkanes of at least 4 members (excludes halogenated alkanes) is 3. The Bertz CT molecular complexity index is 1800. The lowest BCUT2D eigenvalue weighted by Crippen LogP contribution is -2.27. The van der Waals surface area contributed by atoms with Crippen LogP contribution in [0.5, 0.6) is 5.75 Å². The molecule has 5 rings (SSSR count). The number of hydrogen-bond acceptors (Lipinski definition) is 4. The molecule has 0 amide bonds. The molecular weight excluding hydrogens is 605 g/mol. The summed E-state index contributed by atoms with van der Waals surface area (Å²) in [5, 5.41) is -0.398. The first kappa shape index (κ1) is 32.3. The molecule has 4 nitrogen and oxygen atoms in total. The number of benzene rings is 4. The van der Waals surface area contributed by atoms with Gasteiger partial charge >= 0.3 is 12.1 Å². The molecule has 0 atom stereocenters. The second-order valence-corrected chi connectivity index (χ2v) is 10.8. The van der Waals surface area contributed by atoms with Crippen LogP contribution in [-0.2, 0) is 9.47 Å². The third-order valence-electron chi connectivity index (χ3n) is 7.50. The number of carbonyl (C=O) groups excluding carboxylic acids is 1. The highest BCUT2D eigenvalue weighted by Crippen LogP contribution is 2.33. The van der Waals surface area contributed by atoms with Gasteiger partial charge in [-0.1, -0.05) is 50.7 Å². The molecule has 0 unspecified atom stereocenters. The zero-order valence-corrected chi connectivity index (χ0v) is 24.0. The van der Waals surface area contributed by atoms with Crippen LogP contribution in [0.4, 0.5) is 30.7 Å². The predicted octanol–water partition coefficient (Wildman–Crippen LogP) is 9.31. The highest BCUT2D eigenvalue weighted by Gasteiger charge is 2.27. The molecule has 1 aliphatic heterocycles. The Morgan fingerprint density at radius 2 is 1.53 bits per heavy atom. The van der Waals surface area contributed by atoms with Crippen molar-refractivity contribution in [1.82, 2.24) is 0 Å². The normalized spacial score (nSPS) is 16.9. The molecule has 11 heteroatoms. The predicted molar refractivity (Wildman–Crippen MR) is 153 cm³/mol. The van der Waals surface area contributed by atoms with Crippen LogP contribution in [-0.4, -0.2) is 25.4 Å². The van der Waals surface area contributed by atoms with E-state index >= 15 is 8.78 Å². The van der Waals surface area contributed by atoms with Crippen LogP contribution in [0.25, 0.3) is 21.5 Å². The van der Waals surface area contributed by atoms with Gasteiger partial charge < -0.3 is 14.2 Å². The van der Waals surface area contributed by atoms with Gasteiger partial charge in [-0.3, -0.25) is 0 Å². The van der Waals surface area contributed by atoms with Gasteiger partial charge in [-0.15, -0.1) is 0 Å². The fraction of sp³-hybridized carbons (Fsp3) is 0.324. The van der Waals surface area contributed by atoms with Gasteiger partial charge in [0, 0.05) is 28.2 Å². The zero-order chi connectivity index (χ0) is 32.3. The van der Waals surface area contributed by atoms with Crippen molar-refractivity contribution in [2.75, 3.05) is 13.2 Å². The zero-order valence-electron chi connectivity index (χ0n) is 24.0. The standard InChI is InChI=1S/C34H27F7O4/c1-2-3-4-5-6-19-17-43-33(44-18-19)20-7-9-25-21(13-20)16-28(36)29(31(25)38)32(42)45-23-8-10-24-22(14-23)15-27(35)26(30(24)37)11-12-34(39,40)41/h7-10,13-16,19,33H,2-6,17-18H2,1H3. The van der Waals surface area contributed by atoms with E-state index in [0.29, 0.717) is 24.8 Å². The quantitative estimate of drug-likeness (QED) is 0.0639. The summed E-state index contributed by atoms with van der Waals surface area (Å²) in [6, 6.07) is 9.21. The van der Waals surface area contributed by atoms with Gasteiger partial charge in [0.1, 0.15) is 34.6 Å². The van der Waals surface area contributed by atoms with Gasteiger partial charge in [-0.05, 0) is 53.6 Å². The molecule has 4 aromatic rings. The molecule has 236 valence electrons. The largest absolute Gasteiger partial charge is 0.458 e. The Hall–Kier alpha value is -4.14. The first-order valence-corrected chi connectivity index (χ1v) is 14.3. The second-order valence-electron chi connectivity index (χ2n) is 10.8. The number of halogens is 7. The molecule has 0 spiro atoms. The van der Waals surface area contributed by atoms with Crippen LogP contribution in [0.2, 0.25) is 0 Å². The summed E-state index contributed by atoms with van der Waals surface area (Å²) in [4.78, 5) is 12.8. The lowest BCUT2D eigenvalue weighted by Gasteiger charge is -2.30. The highest BCUT2D eigenvalue weighted by atomic mass is 19.4. The van der Waals surface area contributed by atoms with E-state index in [1.807, 2.05) is 0 Å². The average Bonchev–Trinajstić information content (AvgIpc) is 2.98. The molecule has 4 aromatic carbocycles. The number of rotatable bonds is 8. The third-order valence-corrected chi connectivity index (χ3v) is 7.50. The minimum atomic E-state index is -4.96. The van der Waals surface area contributed by atoms with Crippen molar-refractivity contribution in [1.29, 1.82) is 0 Å². The Kier molecular flexibility index (Phi) is 9.65. The van der Waals surface area contributed by atoms with Crippen molar-refractivity contribution in [3.8, 4) is 17.6 Å². The van der Waals surface area contributed by atoms with Crippen LogP contribution in [0.3, 0.4) is 0 Å². The van der Waals surface area contributed by atoms with Crippen LogP contribution in [0.15, 0.2) is 48.5 Å². The van der Waals surface area contributed by atoms with Gasteiger partial charge in [-0.25, -0.2) is 22.4 Å². The van der Waals surface area contributed by atoms with Crippen molar-refractivity contribution in [3.63, 3.8) is 0 Å². The summed E-state index contributed by atoms with van der Waals surface area (Å²) in [7, 11) is 0. The number of ether oxygens (including phenoxy) is 3. The van der Waals surface area contributed by atoms with Crippen LogP contribution >= 0.6 is 0 Å². The summed E-state index contributed by atoms with van der Waals surface area (Å²) in [5.74, 6) is -4.31. The van der Waals surface area contributed by atoms with E-state index in [1.165, 1.54) is 24.5 Å². The van der Waals surface area contributed by atoms with Crippen LogP contribution in [0.1, 0.15) is 66.8 Å². The number of esters is 1. The maximum atomic E-state index is 15.4. The number of fused-ring (bicyclic) bond motifs is 2. The first-order valence-electron chi connectivity index (χ1n) is 14.3. The van der Waals surface area contributed by atoms with E-state index in [0.717, 1.165) is 55.9 Å². The lowest BCUT2D eigenvalue weighted by molar-refractivity contribution is -0.206. The Labute approximate surface area is 254 Å². The lowest BCUT2D eigenvalue weighted by atomic mass is 10.0. The van der Waals surface area contributed by atoms with Gasteiger partial charge in [-0.2, -0.15) is 13.2 Å². The van der Waals surface area contributed by atoms with Gasteiger partial charge in [0.25, 0.3) is 0 Å². The molecule has 1 saturated heterocycles. The molecule has 0 saturated carbocycles. The summed E-state index contributed by atoms with van der Waals surface area (Å²) in [6.45, 7) is 3.16. The molecule has 1 aliphatic rings. The van der Waals surface area contributed by atoms with Crippen molar-refractivity contribution in [2.24, 2.45) is 5.92 Å². The number of alkyl halides is 3. The molecular formula is C34H27F7O4. The van der Waals surface area contributed by atoms with E-state index in [1.54, 1.807) is 6.07 Å². The molecule has 45 heavy (non-hydrogen) atoms. The Morgan fingerprint density at radius 1 is 0.867 bits per heavy atom. The van der Waals surface area contributed by atoms with E-state index in [4.69, 9.17) is 14.2 Å². The summed E-state index contributed by atoms with van der Waals surface area (Å²) >= 11 is 0. The van der Waals surface area contributed by atoms with E-state index in [2.05, 4.69) is 6.92 Å². The monoisotopic (exact) mass is 632 g/mol. The maximum Gasteiger partial charge on any atom is 0.458 e. The smallest absolute Gasteiger partial charge is 0.423 e. The molecule has 0 radical (unpaired) electrons. The summed E-state index contributed by atoms with van der Waals surface area (Å²) in [5.41, 5.74) is -1.51. The Balaban J connectivity index is 1.32. The molecule has 0 aromatic heterocycles. The van der Waals surface area contributed by atoms with Gasteiger partial charge in [0.15, 0.2) is 6.29 Å². The topological polar surface area (TPSA) is 44.8 Å². The fourth-order valence-electron chi connectivity index (χ4n) is 5.22. The van der Waals surface area contributed by atoms with E-state index < -0.39 is 52.8 Å². The van der Waals surface area contributed by atoms with Crippen molar-refractivity contribution >= 4 is 27.5 Å². The second kappa shape index (κ2) is 13.5. The summed E-state index contributed by atoms with van der Waals surface area (Å²) in [6.07, 6.45) is -0.0814. The minimum Gasteiger partial charge on any atom is -0.423 e. The SMILES string of the molecule is CCCCCCC1COC(c2ccc3c(F)c(C(=O)Oc4ccc5c(F)c(C#CC(F)(F)F)c(F)cc5c4)c(F)cc3c2)OC1. The summed E-state index contributed by atoms with van der Waals surface area (Å²) < 4.78 is 114. The number of hydrogen-bond donors (Lipinski definition) is 0. The van der Waals surface area contributed by atoms with Crippen molar-refractivity contribution in [2.45, 2.75) is 51.5 Å². The minimum absolute atomic E-state index is 0.0631. The Morgan fingerprint density at radius 3 is 2.24 bits per heavy atom. The van der Waals surface area contributed by atoms with Crippen LogP contribution < -0.4 is 4.74 Å².